The zero-order valence-electron chi connectivity index (χ0n) is 49.6. The lowest BCUT2D eigenvalue weighted by atomic mass is 9.86. The van der Waals surface area contributed by atoms with Gasteiger partial charge >= 0.3 is 23.9 Å². The number of esters is 3. The quantitative estimate of drug-likeness (QED) is 0.0249. The number of fused-ring (bicyclic) bond motifs is 2. The molecule has 0 saturated carbocycles. The molecule has 14 nitrogen and oxygen atoms in total. The molecule has 6 fully saturated rings. The van der Waals surface area contributed by atoms with Gasteiger partial charge in [-0.2, -0.15) is 0 Å². The summed E-state index contributed by atoms with van der Waals surface area (Å²) in [5.41, 5.74) is 0.825. The van der Waals surface area contributed by atoms with Gasteiger partial charge in [0.15, 0.2) is 12.2 Å². The molecule has 0 radical (unpaired) electrons. The number of methoxy groups -OCH3 is 1. The summed E-state index contributed by atoms with van der Waals surface area (Å²) in [7, 11) is 1.31. The van der Waals surface area contributed by atoms with E-state index in [1.807, 2.05) is 6.92 Å². The van der Waals surface area contributed by atoms with E-state index in [9.17, 15) is 29.4 Å². The van der Waals surface area contributed by atoms with Gasteiger partial charge in [-0.05, 0) is 51.4 Å². The van der Waals surface area contributed by atoms with E-state index in [4.69, 9.17) is 38.3 Å². The number of carboxylic acids is 1. The molecule has 6 saturated heterocycles. The predicted octanol–water partition coefficient (Wildman–Crippen LogP) is 14.2. The van der Waals surface area contributed by atoms with E-state index in [1.165, 1.54) is 129 Å². The maximum absolute atomic E-state index is 11.6. The van der Waals surface area contributed by atoms with Crippen LogP contribution in [0, 0.1) is 29.6 Å². The smallest absolute Gasteiger partial charge is 0.334 e. The summed E-state index contributed by atoms with van der Waals surface area (Å²) in [6.45, 7) is 37.0. The van der Waals surface area contributed by atoms with E-state index < -0.39 is 36.0 Å². The van der Waals surface area contributed by atoms with E-state index in [1.54, 1.807) is 0 Å². The molecule has 13 atom stereocenters. The molecule has 14 heteroatoms. The number of ether oxygens (including phenoxy) is 7. The summed E-state index contributed by atoms with van der Waals surface area (Å²) >= 11 is 0. The summed E-state index contributed by atoms with van der Waals surface area (Å²) in [5, 5.41) is 29.1. The molecule has 6 aliphatic rings. The van der Waals surface area contributed by atoms with Gasteiger partial charge in [0, 0.05) is 16.7 Å². The molecular formula is C65H104O14. The van der Waals surface area contributed by atoms with Gasteiger partial charge in [-0.25, -0.2) is 14.4 Å². The fourth-order valence-corrected chi connectivity index (χ4v) is 11.7. The molecule has 0 aromatic heterocycles. The van der Waals surface area contributed by atoms with Crippen LogP contribution >= 0.6 is 0 Å². The van der Waals surface area contributed by atoms with Crippen molar-refractivity contribution in [3.63, 3.8) is 0 Å². The Labute approximate surface area is 475 Å². The standard InChI is InChI=1S/C17H28O4.C16H26O4.C16H26O3.C16H24O3/c1-5-6-7-8-9-10-11-14-15(12(2)17(19)20-4)16(18)13(3)21-14;1-4-5-6-7-8-9-10-13-14(11(2)16(18)19)15(17)12(3)20-13;2*1-4-5-6-7-8-9-10-13-14-11(2)16(17)19-15(14)12(3)18-13/h14-16,18H,2-3,5-11H2,1,4H3;13-15,17H,2-10H2,1H3,(H,18,19);11,13-15H,3-10H2,1-2H3;13-15H,2-10H2,1H3/t14-,15-,16+;13-,14-,15+;11-,13+,14+,15-;13-,14-,15+/m1101/s1. The van der Waals surface area contributed by atoms with E-state index >= 15 is 0 Å². The monoisotopic (exact) mass is 1110 g/mol. The summed E-state index contributed by atoms with van der Waals surface area (Å²) in [5.74, 6) is -1.01. The van der Waals surface area contributed by atoms with Gasteiger partial charge in [-0.15, -0.1) is 0 Å². The van der Waals surface area contributed by atoms with Crippen molar-refractivity contribution in [1.82, 2.24) is 0 Å². The molecule has 0 spiro atoms. The lowest BCUT2D eigenvalue weighted by Crippen LogP contribution is -2.29. The van der Waals surface area contributed by atoms with Crippen molar-refractivity contribution in [3.05, 3.63) is 85.8 Å². The Kier molecular flexibility index (Phi) is 31.6. The maximum Gasteiger partial charge on any atom is 0.334 e. The Morgan fingerprint density at radius 2 is 0.835 bits per heavy atom. The number of unbranched alkanes of at least 4 members (excludes halogenated alkanes) is 20. The number of hydrogen-bond acceptors (Lipinski definition) is 13. The third-order valence-corrected chi connectivity index (χ3v) is 16.5. The van der Waals surface area contributed by atoms with Gasteiger partial charge in [-0.1, -0.05) is 209 Å². The second kappa shape index (κ2) is 36.5. The normalized spacial score (nSPS) is 28.1. The maximum atomic E-state index is 11.6. The number of carbonyl (C=O) groups excluding carboxylic acids is 3. The number of carbonyl (C=O) groups is 4. The number of aliphatic hydroxyl groups excluding tert-OH is 2. The molecule has 79 heavy (non-hydrogen) atoms. The minimum Gasteiger partial charge on any atom is -0.492 e. The molecule has 0 bridgehead atoms. The highest BCUT2D eigenvalue weighted by Gasteiger charge is 2.54. The number of rotatable bonds is 32. The van der Waals surface area contributed by atoms with Crippen molar-refractivity contribution in [2.75, 3.05) is 7.11 Å². The zero-order valence-corrected chi connectivity index (χ0v) is 49.6. The molecule has 0 unspecified atom stereocenters. The van der Waals surface area contributed by atoms with Crippen molar-refractivity contribution < 1.29 is 67.7 Å². The topological polar surface area (TPSA) is 194 Å². The SMILES string of the molecule is C=C(C(=O)O)[C@@H]1[C@@H](CCCCCCCC)OC(=C)[C@@H]1O.C=C(C(=O)OC)[C@@H]1[C@@H](CCCCCCCC)OC(=C)[C@@H]1O.C=C1C(=O)O[C@H]2C(=C)O[C@H](CCCCCCCC)[C@@H]12.C=C1O[C@H](CCCCCCCC)[C@H]2[C@H](C)C(=O)O[C@@H]12. The lowest BCUT2D eigenvalue weighted by molar-refractivity contribution is -0.144. The largest absolute Gasteiger partial charge is 0.492 e. The highest BCUT2D eigenvalue weighted by Crippen LogP contribution is 2.45. The summed E-state index contributed by atoms with van der Waals surface area (Å²) in [6, 6.07) is 0. The average Bonchev–Trinajstić information content (AvgIpc) is 4.34. The Balaban J connectivity index is 0.000000277. The van der Waals surface area contributed by atoms with Gasteiger partial charge in [-0.3, -0.25) is 4.79 Å². The lowest BCUT2D eigenvalue weighted by Gasteiger charge is -2.20. The average molecular weight is 1110 g/mol. The van der Waals surface area contributed by atoms with Gasteiger partial charge in [0.25, 0.3) is 0 Å². The van der Waals surface area contributed by atoms with Crippen molar-refractivity contribution in [2.24, 2.45) is 29.6 Å². The fourth-order valence-electron chi connectivity index (χ4n) is 11.7. The van der Waals surface area contributed by atoms with Crippen LogP contribution in [0.15, 0.2) is 85.8 Å². The van der Waals surface area contributed by atoms with Crippen LogP contribution in [0.25, 0.3) is 0 Å². The van der Waals surface area contributed by atoms with Crippen molar-refractivity contribution in [3.8, 4) is 0 Å². The summed E-state index contributed by atoms with van der Waals surface area (Å²) in [4.78, 5) is 45.8. The van der Waals surface area contributed by atoms with E-state index in [-0.39, 0.29) is 83.2 Å². The molecule has 6 aliphatic heterocycles. The van der Waals surface area contributed by atoms with Crippen LogP contribution in [0.3, 0.4) is 0 Å². The minimum atomic E-state index is -1.08. The van der Waals surface area contributed by atoms with Gasteiger partial charge in [0.05, 0.1) is 36.7 Å². The third kappa shape index (κ3) is 20.9. The highest BCUT2D eigenvalue weighted by molar-refractivity contribution is 5.91. The molecule has 6 heterocycles. The highest BCUT2D eigenvalue weighted by atomic mass is 16.6. The second-order valence-electron chi connectivity index (χ2n) is 22.6. The van der Waals surface area contributed by atoms with Crippen LogP contribution in [0.1, 0.15) is 214 Å². The first kappa shape index (κ1) is 68.5. The molecule has 0 aliphatic carbocycles. The number of carboxylic acid groups (broad SMARTS) is 1. The second-order valence-corrected chi connectivity index (χ2v) is 22.6. The van der Waals surface area contributed by atoms with Crippen LogP contribution < -0.4 is 0 Å². The Morgan fingerprint density at radius 3 is 1.25 bits per heavy atom. The van der Waals surface area contributed by atoms with E-state index in [0.717, 1.165) is 57.8 Å². The van der Waals surface area contributed by atoms with Crippen LogP contribution in [0.4, 0.5) is 0 Å². The minimum absolute atomic E-state index is 0.00404. The number of aliphatic hydroxyl groups is 2. The summed E-state index contributed by atoms with van der Waals surface area (Å²) in [6.07, 6.45) is 30.2. The van der Waals surface area contributed by atoms with Crippen molar-refractivity contribution >= 4 is 23.9 Å². The first-order chi connectivity index (χ1) is 37.8. The molecule has 0 amide bonds. The molecular weight excluding hydrogens is 1000 g/mol. The van der Waals surface area contributed by atoms with Crippen molar-refractivity contribution in [1.29, 1.82) is 0 Å². The van der Waals surface area contributed by atoms with Gasteiger partial charge in [0.1, 0.15) is 59.7 Å². The molecule has 0 aromatic rings. The van der Waals surface area contributed by atoms with Crippen LogP contribution in [-0.4, -0.2) is 95.1 Å². The fraction of sp³-hybridized carbons (Fsp3) is 0.723. The molecule has 6 rings (SSSR count). The van der Waals surface area contributed by atoms with Crippen LogP contribution in [0.2, 0.25) is 0 Å². The van der Waals surface area contributed by atoms with Crippen molar-refractivity contribution in [2.45, 2.75) is 263 Å². The predicted molar refractivity (Wildman–Crippen MR) is 310 cm³/mol. The Hall–Kier alpha value is -4.82. The number of aliphatic carboxylic acids is 1. The van der Waals surface area contributed by atoms with E-state index in [2.05, 4.69) is 73.7 Å². The molecule has 0 aromatic carbocycles. The first-order valence-electron chi connectivity index (χ1n) is 30.4. The van der Waals surface area contributed by atoms with Gasteiger partial charge in [0.2, 0.25) is 0 Å². The zero-order chi connectivity index (χ0) is 58.6. The molecule has 3 N–H and O–H groups in total. The van der Waals surface area contributed by atoms with Crippen LogP contribution in [-0.2, 0) is 52.3 Å². The third-order valence-electron chi connectivity index (χ3n) is 16.5. The Morgan fingerprint density at radius 1 is 0.481 bits per heavy atom. The number of hydrogen-bond donors (Lipinski definition) is 3. The first-order valence-corrected chi connectivity index (χ1v) is 30.4. The Bertz CT molecular complexity index is 2010. The van der Waals surface area contributed by atoms with E-state index in [0.29, 0.717) is 22.9 Å². The van der Waals surface area contributed by atoms with Gasteiger partial charge < -0.3 is 48.5 Å². The molecule has 448 valence electrons. The van der Waals surface area contributed by atoms with Crippen LogP contribution in [0.5, 0.6) is 0 Å². The summed E-state index contributed by atoms with van der Waals surface area (Å²) < 4.78 is 37.9.